The van der Waals surface area contributed by atoms with Gasteiger partial charge in [0.15, 0.2) is 6.29 Å². The molecule has 0 spiro atoms. The molecule has 0 atom stereocenters. The van der Waals surface area contributed by atoms with E-state index in [4.69, 9.17) is 0 Å². The Morgan fingerprint density at radius 1 is 0.889 bits per heavy atom. The van der Waals surface area contributed by atoms with Crippen LogP contribution < -0.4 is 0 Å². The number of benzene rings is 2. The normalized spacial score (nSPS) is 10.4. The fourth-order valence-electron chi connectivity index (χ4n) is 2.10. The van der Waals surface area contributed by atoms with Crippen molar-refractivity contribution in [1.82, 2.24) is 4.98 Å². The summed E-state index contributed by atoms with van der Waals surface area (Å²) in [5, 5.41) is 2.10. The van der Waals surface area contributed by atoms with E-state index in [-0.39, 0.29) is 0 Å². The van der Waals surface area contributed by atoms with E-state index in [1.807, 2.05) is 60.7 Å². The molecule has 3 rings (SSSR count). The topological polar surface area (TPSA) is 30.0 Å². The van der Waals surface area contributed by atoms with E-state index in [2.05, 4.69) is 4.98 Å². The number of rotatable bonds is 2. The number of carbonyl (C=O) groups excluding carboxylic acids is 1. The molecule has 2 heteroatoms. The third kappa shape index (κ3) is 1.78. The quantitative estimate of drug-likeness (QED) is 0.631. The van der Waals surface area contributed by atoms with Gasteiger partial charge in [-0.1, -0.05) is 54.6 Å². The number of pyridine rings is 1. The highest BCUT2D eigenvalue weighted by Gasteiger charge is 2.07. The number of aromatic nitrogens is 1. The van der Waals surface area contributed by atoms with Crippen LogP contribution in [0.5, 0.6) is 0 Å². The lowest BCUT2D eigenvalue weighted by Gasteiger charge is -2.06. The molecule has 0 N–H and O–H groups in total. The molecule has 1 aromatic heterocycles. The average Bonchev–Trinajstić information content (AvgIpc) is 2.47. The third-order valence-corrected chi connectivity index (χ3v) is 2.93. The largest absolute Gasteiger partial charge is 0.296 e. The van der Waals surface area contributed by atoms with E-state index in [9.17, 15) is 4.79 Å². The summed E-state index contributed by atoms with van der Waals surface area (Å²) in [6.45, 7) is 0. The van der Waals surface area contributed by atoms with Crippen LogP contribution >= 0.6 is 0 Å². The molecule has 0 unspecified atom stereocenters. The molecule has 86 valence electrons. The van der Waals surface area contributed by atoms with Gasteiger partial charge in [-0.05, 0) is 11.5 Å². The van der Waals surface area contributed by atoms with Gasteiger partial charge in [-0.25, -0.2) is 4.98 Å². The molecule has 0 aliphatic heterocycles. The van der Waals surface area contributed by atoms with Crippen molar-refractivity contribution in [2.24, 2.45) is 0 Å². The number of fused-ring (bicyclic) bond motifs is 1. The zero-order valence-corrected chi connectivity index (χ0v) is 9.71. The second-order valence-electron chi connectivity index (χ2n) is 4.10. The molecule has 0 aliphatic carbocycles. The second kappa shape index (κ2) is 4.41. The van der Waals surface area contributed by atoms with Crippen LogP contribution in [0, 0.1) is 0 Å². The Kier molecular flexibility index (Phi) is 2.61. The predicted molar refractivity (Wildman–Crippen MR) is 72.6 cm³/mol. The first-order valence-electron chi connectivity index (χ1n) is 5.79. The smallest absolute Gasteiger partial charge is 0.168 e. The molecule has 0 radical (unpaired) electrons. The van der Waals surface area contributed by atoms with Crippen LogP contribution in [0.4, 0.5) is 0 Å². The molecule has 18 heavy (non-hydrogen) atoms. The molecular formula is C16H11NO. The first-order valence-corrected chi connectivity index (χ1v) is 5.79. The summed E-state index contributed by atoms with van der Waals surface area (Å²) in [4.78, 5) is 15.4. The van der Waals surface area contributed by atoms with Crippen molar-refractivity contribution in [1.29, 1.82) is 0 Å². The van der Waals surface area contributed by atoms with Gasteiger partial charge < -0.3 is 0 Å². The highest BCUT2D eigenvalue weighted by Crippen LogP contribution is 2.26. The Labute approximate surface area is 105 Å². The van der Waals surface area contributed by atoms with Crippen molar-refractivity contribution >= 4 is 17.1 Å². The van der Waals surface area contributed by atoms with E-state index in [1.54, 1.807) is 0 Å². The fraction of sp³-hybridized carbons (Fsp3) is 0. The molecule has 0 bridgehead atoms. The average molecular weight is 233 g/mol. The molecule has 0 saturated carbocycles. The summed E-state index contributed by atoms with van der Waals surface area (Å²) in [6, 6.07) is 19.7. The Hall–Kier alpha value is -2.48. The Morgan fingerprint density at radius 3 is 2.39 bits per heavy atom. The molecule has 0 fully saturated rings. The third-order valence-electron chi connectivity index (χ3n) is 2.93. The summed E-state index contributed by atoms with van der Waals surface area (Å²) in [7, 11) is 0. The van der Waals surface area contributed by atoms with Gasteiger partial charge in [-0.15, -0.1) is 0 Å². The molecule has 3 aromatic rings. The zero-order valence-electron chi connectivity index (χ0n) is 9.71. The van der Waals surface area contributed by atoms with Gasteiger partial charge in [0, 0.05) is 10.9 Å². The minimum Gasteiger partial charge on any atom is -0.296 e. The first-order chi connectivity index (χ1) is 8.88. The van der Waals surface area contributed by atoms with Crippen molar-refractivity contribution in [3.05, 3.63) is 66.4 Å². The van der Waals surface area contributed by atoms with Crippen LogP contribution in [0.2, 0.25) is 0 Å². The SMILES string of the molecule is O=Cc1cc2ccccc2c(-c2ccccc2)n1. The fourth-order valence-corrected chi connectivity index (χ4v) is 2.10. The lowest BCUT2D eigenvalue weighted by Crippen LogP contribution is -1.92. The minimum atomic E-state index is 0.465. The Morgan fingerprint density at radius 2 is 1.61 bits per heavy atom. The molecular weight excluding hydrogens is 222 g/mol. The van der Waals surface area contributed by atoms with Crippen LogP contribution in [0.3, 0.4) is 0 Å². The monoisotopic (exact) mass is 233 g/mol. The minimum absolute atomic E-state index is 0.465. The molecule has 0 saturated heterocycles. The number of carbonyl (C=O) groups is 1. The summed E-state index contributed by atoms with van der Waals surface area (Å²) in [5.41, 5.74) is 2.35. The first kappa shape index (κ1) is 10.7. The lowest BCUT2D eigenvalue weighted by atomic mass is 10.0. The van der Waals surface area contributed by atoms with Crippen LogP contribution in [-0.2, 0) is 0 Å². The maximum atomic E-state index is 11.0. The van der Waals surface area contributed by atoms with Crippen LogP contribution in [0.15, 0.2) is 60.7 Å². The van der Waals surface area contributed by atoms with Crippen molar-refractivity contribution in [2.75, 3.05) is 0 Å². The lowest BCUT2D eigenvalue weighted by molar-refractivity contribution is 0.111. The van der Waals surface area contributed by atoms with Gasteiger partial charge in [-0.2, -0.15) is 0 Å². The van der Waals surface area contributed by atoms with E-state index in [1.165, 1.54) is 0 Å². The summed E-state index contributed by atoms with van der Waals surface area (Å²) >= 11 is 0. The highest BCUT2D eigenvalue weighted by atomic mass is 16.1. The van der Waals surface area contributed by atoms with Gasteiger partial charge in [0.2, 0.25) is 0 Å². The van der Waals surface area contributed by atoms with Crippen LogP contribution in [0.25, 0.3) is 22.0 Å². The van der Waals surface area contributed by atoms with Crippen molar-refractivity contribution < 1.29 is 4.79 Å². The van der Waals surface area contributed by atoms with Gasteiger partial charge in [0.05, 0.1) is 5.69 Å². The van der Waals surface area contributed by atoms with Crippen molar-refractivity contribution in [3.63, 3.8) is 0 Å². The molecule has 2 aromatic carbocycles. The van der Waals surface area contributed by atoms with Gasteiger partial charge in [-0.3, -0.25) is 4.79 Å². The van der Waals surface area contributed by atoms with E-state index >= 15 is 0 Å². The number of nitrogens with zero attached hydrogens (tertiary/aromatic N) is 1. The van der Waals surface area contributed by atoms with E-state index in [0.717, 1.165) is 28.3 Å². The number of hydrogen-bond acceptors (Lipinski definition) is 2. The Bertz CT molecular complexity index is 705. The van der Waals surface area contributed by atoms with Gasteiger partial charge in [0.25, 0.3) is 0 Å². The summed E-state index contributed by atoms with van der Waals surface area (Å²) in [6.07, 6.45) is 0.791. The van der Waals surface area contributed by atoms with Gasteiger partial charge in [0.1, 0.15) is 5.69 Å². The van der Waals surface area contributed by atoms with Crippen LogP contribution in [-0.4, -0.2) is 11.3 Å². The van der Waals surface area contributed by atoms with E-state index in [0.29, 0.717) is 5.69 Å². The molecule has 0 amide bonds. The van der Waals surface area contributed by atoms with Gasteiger partial charge >= 0.3 is 0 Å². The molecule has 0 aliphatic rings. The van der Waals surface area contributed by atoms with Crippen molar-refractivity contribution in [2.45, 2.75) is 0 Å². The van der Waals surface area contributed by atoms with Crippen molar-refractivity contribution in [3.8, 4) is 11.3 Å². The van der Waals surface area contributed by atoms with Crippen LogP contribution in [0.1, 0.15) is 10.5 Å². The maximum Gasteiger partial charge on any atom is 0.168 e. The summed E-state index contributed by atoms with van der Waals surface area (Å²) < 4.78 is 0. The Balaban J connectivity index is 2.36. The van der Waals surface area contributed by atoms with E-state index < -0.39 is 0 Å². The molecule has 2 nitrogen and oxygen atoms in total. The standard InChI is InChI=1S/C16H11NO/c18-11-14-10-13-8-4-5-9-15(13)16(17-14)12-6-2-1-3-7-12/h1-11H. The maximum absolute atomic E-state index is 11.0. The summed E-state index contributed by atoms with van der Waals surface area (Å²) in [5.74, 6) is 0. The highest BCUT2D eigenvalue weighted by molar-refractivity contribution is 5.97. The zero-order chi connectivity index (χ0) is 12.4. The molecule has 1 heterocycles. The predicted octanol–water partition coefficient (Wildman–Crippen LogP) is 3.71. The number of aldehydes is 1. The number of hydrogen-bond donors (Lipinski definition) is 0. The second-order valence-corrected chi connectivity index (χ2v) is 4.10.